The lowest BCUT2D eigenvalue weighted by Gasteiger charge is -2.24. The molecule has 0 amide bonds. The summed E-state index contributed by atoms with van der Waals surface area (Å²) in [7, 11) is 2.17. The van der Waals surface area contributed by atoms with E-state index in [1.165, 1.54) is 42.1 Å². The maximum absolute atomic E-state index is 2.32. The lowest BCUT2D eigenvalue weighted by Crippen LogP contribution is -2.11. The minimum absolute atomic E-state index is 1.25. The summed E-state index contributed by atoms with van der Waals surface area (Å²) in [5.41, 5.74) is 5.20. The number of para-hydroxylation sites is 1. The van der Waals surface area contributed by atoms with Gasteiger partial charge in [0.1, 0.15) is 0 Å². The summed E-state index contributed by atoms with van der Waals surface area (Å²) < 4.78 is 0. The normalized spacial score (nSPS) is 13.2. The third-order valence-electron chi connectivity index (χ3n) is 4.45. The zero-order valence-corrected chi connectivity index (χ0v) is 15.7. The van der Waals surface area contributed by atoms with Crippen LogP contribution in [0.15, 0.2) is 80.2 Å². The number of benzene rings is 3. The zero-order valence-electron chi connectivity index (χ0n) is 14.0. The Balaban J connectivity index is 2.01. The summed E-state index contributed by atoms with van der Waals surface area (Å²) in [6.07, 6.45) is 0. The number of fused-ring (bicyclic) bond motifs is 3. The van der Waals surface area contributed by atoms with Gasteiger partial charge < -0.3 is 4.90 Å². The number of aryl methyl sites for hydroxylation is 2. The van der Waals surface area contributed by atoms with Crippen LogP contribution in [0.1, 0.15) is 11.1 Å². The second kappa shape index (κ2) is 6.23. The lowest BCUT2D eigenvalue weighted by atomic mass is 10.1. The molecular formula is C21H19NS2. The van der Waals surface area contributed by atoms with E-state index in [2.05, 4.69) is 86.5 Å². The zero-order chi connectivity index (χ0) is 16.7. The lowest BCUT2D eigenvalue weighted by molar-refractivity contribution is 1.12. The van der Waals surface area contributed by atoms with Crippen LogP contribution in [0, 0.1) is 13.8 Å². The van der Waals surface area contributed by atoms with Crippen molar-refractivity contribution in [2.24, 2.45) is 0 Å². The summed E-state index contributed by atoms with van der Waals surface area (Å²) in [5.74, 6) is 0. The second-order valence-electron chi connectivity index (χ2n) is 6.08. The molecule has 3 heteroatoms. The maximum atomic E-state index is 2.32. The molecular weight excluding hydrogens is 330 g/mol. The molecule has 3 aromatic carbocycles. The van der Waals surface area contributed by atoms with E-state index in [4.69, 9.17) is 0 Å². The van der Waals surface area contributed by atoms with Crippen molar-refractivity contribution in [3.05, 3.63) is 71.8 Å². The summed E-state index contributed by atoms with van der Waals surface area (Å²) >= 11 is 3.71. The van der Waals surface area contributed by atoms with Gasteiger partial charge in [-0.05, 0) is 61.4 Å². The smallest absolute Gasteiger partial charge is 0.0553 e. The molecule has 3 aromatic rings. The number of hydrogen-bond acceptors (Lipinski definition) is 3. The molecule has 1 aliphatic heterocycles. The Bertz CT molecular complexity index is 917. The second-order valence-corrected chi connectivity index (χ2v) is 8.25. The maximum Gasteiger partial charge on any atom is 0.0553 e. The molecule has 0 N–H and O–H groups in total. The van der Waals surface area contributed by atoms with Gasteiger partial charge in [0.15, 0.2) is 0 Å². The monoisotopic (exact) mass is 349 g/mol. The predicted octanol–water partition coefficient (Wildman–Crippen LogP) is 6.69. The number of rotatable bonds is 0. The quantitative estimate of drug-likeness (QED) is 0.445. The molecule has 24 heavy (non-hydrogen) atoms. The molecule has 1 nitrogen and oxygen atoms in total. The molecule has 1 heterocycles. The van der Waals surface area contributed by atoms with E-state index < -0.39 is 0 Å². The first-order valence-corrected chi connectivity index (χ1v) is 9.65. The van der Waals surface area contributed by atoms with Crippen LogP contribution in [-0.2, 0) is 0 Å². The van der Waals surface area contributed by atoms with Crippen molar-refractivity contribution in [3.63, 3.8) is 0 Å². The Morgan fingerprint density at radius 2 is 1.17 bits per heavy atom. The van der Waals surface area contributed by atoms with Crippen molar-refractivity contribution in [2.45, 2.75) is 33.4 Å². The van der Waals surface area contributed by atoms with Gasteiger partial charge in [0.25, 0.3) is 0 Å². The summed E-state index contributed by atoms with van der Waals surface area (Å²) in [6, 6.07) is 22.0. The predicted molar refractivity (Wildman–Crippen MR) is 105 cm³/mol. The van der Waals surface area contributed by atoms with Crippen molar-refractivity contribution in [1.82, 2.24) is 0 Å². The molecule has 0 saturated carbocycles. The summed E-state index contributed by atoms with van der Waals surface area (Å²) in [6.45, 7) is 4.38. The molecule has 0 radical (unpaired) electrons. The standard InChI is InChI=1S/C21H19NS2/c1-14-12-17-21(13-15(14)2)24-20-11-7-6-10-19(20)23-18-9-5-4-8-16(18)22(17)3/h4-13H,1-3H3. The van der Waals surface area contributed by atoms with Gasteiger partial charge in [-0.15, -0.1) is 0 Å². The van der Waals surface area contributed by atoms with E-state index in [9.17, 15) is 0 Å². The first-order valence-electron chi connectivity index (χ1n) is 8.02. The summed E-state index contributed by atoms with van der Waals surface area (Å²) in [4.78, 5) is 7.55. The molecule has 0 aromatic heterocycles. The first kappa shape index (κ1) is 15.7. The van der Waals surface area contributed by atoms with Crippen LogP contribution in [-0.4, -0.2) is 7.05 Å². The largest absolute Gasteiger partial charge is 0.343 e. The number of nitrogens with zero attached hydrogens (tertiary/aromatic N) is 1. The van der Waals surface area contributed by atoms with Crippen LogP contribution >= 0.6 is 23.5 Å². The van der Waals surface area contributed by atoms with Crippen LogP contribution in [0.5, 0.6) is 0 Å². The number of hydrogen-bond donors (Lipinski definition) is 0. The minimum Gasteiger partial charge on any atom is -0.343 e. The van der Waals surface area contributed by atoms with Gasteiger partial charge in [-0.3, -0.25) is 0 Å². The van der Waals surface area contributed by atoms with Crippen molar-refractivity contribution in [1.29, 1.82) is 0 Å². The van der Waals surface area contributed by atoms with Crippen LogP contribution in [0.2, 0.25) is 0 Å². The summed E-state index contributed by atoms with van der Waals surface area (Å²) in [5, 5.41) is 0. The molecule has 0 fully saturated rings. The Morgan fingerprint density at radius 3 is 1.88 bits per heavy atom. The molecule has 0 bridgehead atoms. The van der Waals surface area contributed by atoms with Crippen molar-refractivity contribution in [3.8, 4) is 0 Å². The Hall–Kier alpha value is -1.84. The highest BCUT2D eigenvalue weighted by molar-refractivity contribution is 8.02. The van der Waals surface area contributed by atoms with E-state index in [-0.39, 0.29) is 0 Å². The van der Waals surface area contributed by atoms with Crippen LogP contribution in [0.4, 0.5) is 11.4 Å². The Kier molecular flexibility index (Phi) is 4.07. The average molecular weight is 350 g/mol. The van der Waals surface area contributed by atoms with Gasteiger partial charge in [0, 0.05) is 26.6 Å². The van der Waals surface area contributed by atoms with Crippen molar-refractivity contribution >= 4 is 34.9 Å². The van der Waals surface area contributed by atoms with E-state index in [1.807, 2.05) is 23.5 Å². The molecule has 120 valence electrons. The van der Waals surface area contributed by atoms with Gasteiger partial charge in [-0.1, -0.05) is 47.8 Å². The van der Waals surface area contributed by atoms with E-state index in [0.717, 1.165) is 0 Å². The van der Waals surface area contributed by atoms with Gasteiger partial charge in [0.2, 0.25) is 0 Å². The third-order valence-corrected chi connectivity index (χ3v) is 6.85. The SMILES string of the molecule is Cc1cc2c(cc1C)N(C)c1ccccc1Sc1ccccc1S2. The van der Waals surface area contributed by atoms with E-state index in [1.54, 1.807) is 0 Å². The van der Waals surface area contributed by atoms with Gasteiger partial charge in [0.05, 0.1) is 11.4 Å². The highest BCUT2D eigenvalue weighted by Gasteiger charge is 2.19. The molecule has 0 unspecified atom stereocenters. The first-order chi connectivity index (χ1) is 11.6. The topological polar surface area (TPSA) is 3.24 Å². The van der Waals surface area contributed by atoms with E-state index >= 15 is 0 Å². The van der Waals surface area contributed by atoms with Gasteiger partial charge >= 0.3 is 0 Å². The molecule has 0 spiro atoms. The average Bonchev–Trinajstić information content (AvgIpc) is 2.63. The van der Waals surface area contributed by atoms with Gasteiger partial charge in [-0.2, -0.15) is 0 Å². The fourth-order valence-electron chi connectivity index (χ4n) is 2.92. The Morgan fingerprint density at radius 1 is 0.625 bits per heavy atom. The minimum atomic E-state index is 1.25. The molecule has 0 saturated heterocycles. The van der Waals surface area contributed by atoms with Crippen LogP contribution < -0.4 is 4.90 Å². The Labute approximate surface area is 152 Å². The fraction of sp³-hybridized carbons (Fsp3) is 0.143. The highest BCUT2D eigenvalue weighted by Crippen LogP contribution is 2.48. The molecule has 0 atom stereocenters. The molecule has 1 aliphatic rings. The van der Waals surface area contributed by atoms with Crippen molar-refractivity contribution in [2.75, 3.05) is 11.9 Å². The van der Waals surface area contributed by atoms with Crippen LogP contribution in [0.25, 0.3) is 0 Å². The molecule has 0 aliphatic carbocycles. The van der Waals surface area contributed by atoms with Gasteiger partial charge in [-0.25, -0.2) is 0 Å². The van der Waals surface area contributed by atoms with Crippen LogP contribution in [0.3, 0.4) is 0 Å². The highest BCUT2D eigenvalue weighted by atomic mass is 32.2. The molecule has 4 rings (SSSR count). The fourth-order valence-corrected chi connectivity index (χ4v) is 5.27. The van der Waals surface area contributed by atoms with E-state index in [0.29, 0.717) is 0 Å². The van der Waals surface area contributed by atoms with Crippen molar-refractivity contribution < 1.29 is 0 Å². The third kappa shape index (κ3) is 2.72. The number of anilines is 2.